The van der Waals surface area contributed by atoms with Crippen LogP contribution in [0.15, 0.2) is 30.3 Å². The van der Waals surface area contributed by atoms with Crippen molar-refractivity contribution in [2.24, 2.45) is 7.05 Å². The molecule has 1 aromatic heterocycles. The lowest BCUT2D eigenvalue weighted by Crippen LogP contribution is -2.41. The number of aryl methyl sites for hydroxylation is 1. The number of Topliss-reactive ketones (excluding diaryl/α,β-unsaturated/α-hetero) is 1. The van der Waals surface area contributed by atoms with Gasteiger partial charge in [0.05, 0.1) is 6.54 Å². The molecule has 1 aliphatic heterocycles. The summed E-state index contributed by atoms with van der Waals surface area (Å²) >= 11 is 0. The van der Waals surface area contributed by atoms with Crippen molar-refractivity contribution in [2.45, 2.75) is 52.5 Å². The lowest BCUT2D eigenvalue weighted by Gasteiger charge is -2.24. The topological polar surface area (TPSA) is 71.4 Å². The highest BCUT2D eigenvalue weighted by Crippen LogP contribution is 2.31. The van der Waals surface area contributed by atoms with Gasteiger partial charge in [-0.15, -0.1) is 0 Å². The monoisotopic (exact) mass is 395 g/mol. The SMILES string of the molecule is Cc1cc(C(=O)CN2C(=O)N[C@](C)(c3ccc(C(C)(C)C)cc3)C2=O)c(C)n1C. The molecule has 1 atom stereocenters. The van der Waals surface area contributed by atoms with Gasteiger partial charge in [0.2, 0.25) is 0 Å². The van der Waals surface area contributed by atoms with Gasteiger partial charge in [0.25, 0.3) is 5.91 Å². The number of carbonyl (C=O) groups excluding carboxylic acids is 3. The minimum Gasteiger partial charge on any atom is -0.351 e. The number of nitrogens with zero attached hydrogens (tertiary/aromatic N) is 2. The van der Waals surface area contributed by atoms with Crippen molar-refractivity contribution in [2.75, 3.05) is 6.54 Å². The summed E-state index contributed by atoms with van der Waals surface area (Å²) in [6.45, 7) is 11.5. The van der Waals surface area contributed by atoms with Gasteiger partial charge in [-0.05, 0) is 43.4 Å². The zero-order valence-corrected chi connectivity index (χ0v) is 18.2. The summed E-state index contributed by atoms with van der Waals surface area (Å²) in [7, 11) is 1.88. The highest BCUT2D eigenvalue weighted by Gasteiger charge is 2.49. The number of imide groups is 1. The van der Waals surface area contributed by atoms with Gasteiger partial charge in [0, 0.05) is 24.0 Å². The van der Waals surface area contributed by atoms with Crippen molar-refractivity contribution >= 4 is 17.7 Å². The molecule has 2 aromatic rings. The Hall–Kier alpha value is -2.89. The van der Waals surface area contributed by atoms with Crippen LogP contribution in [0.5, 0.6) is 0 Å². The molecule has 6 nitrogen and oxygen atoms in total. The molecule has 0 bridgehead atoms. The van der Waals surface area contributed by atoms with Gasteiger partial charge in [-0.2, -0.15) is 0 Å². The van der Waals surface area contributed by atoms with E-state index >= 15 is 0 Å². The van der Waals surface area contributed by atoms with E-state index in [1.807, 2.05) is 49.7 Å². The number of nitrogens with one attached hydrogen (secondary N) is 1. The Morgan fingerprint density at radius 3 is 2.17 bits per heavy atom. The minimum atomic E-state index is -1.19. The molecule has 6 heteroatoms. The first-order valence-corrected chi connectivity index (χ1v) is 9.77. The molecule has 0 aliphatic carbocycles. The number of urea groups is 1. The third-order valence-corrected chi connectivity index (χ3v) is 5.98. The predicted octanol–water partition coefficient (Wildman–Crippen LogP) is 3.59. The van der Waals surface area contributed by atoms with E-state index in [1.165, 1.54) is 0 Å². The summed E-state index contributed by atoms with van der Waals surface area (Å²) in [5.74, 6) is -0.660. The smallest absolute Gasteiger partial charge is 0.325 e. The number of benzene rings is 1. The second-order valence-electron chi connectivity index (χ2n) is 9.04. The third-order valence-electron chi connectivity index (χ3n) is 5.98. The van der Waals surface area contributed by atoms with Crippen molar-refractivity contribution in [3.05, 3.63) is 58.4 Å². The zero-order chi connectivity index (χ0) is 21.7. The molecule has 1 aliphatic rings. The average molecular weight is 396 g/mol. The van der Waals surface area contributed by atoms with Gasteiger partial charge in [0.15, 0.2) is 5.78 Å². The average Bonchev–Trinajstić information content (AvgIpc) is 3.03. The molecular formula is C23H29N3O3. The Morgan fingerprint density at radius 2 is 1.69 bits per heavy atom. The highest BCUT2D eigenvalue weighted by molar-refractivity contribution is 6.11. The molecule has 1 aromatic carbocycles. The number of ketones is 1. The molecule has 3 amide bonds. The first-order valence-electron chi connectivity index (χ1n) is 9.77. The number of rotatable bonds is 4. The van der Waals surface area contributed by atoms with E-state index in [-0.39, 0.29) is 17.7 Å². The molecule has 0 spiro atoms. The molecule has 0 unspecified atom stereocenters. The van der Waals surface area contributed by atoms with E-state index in [4.69, 9.17) is 0 Å². The van der Waals surface area contributed by atoms with Crippen LogP contribution in [0.25, 0.3) is 0 Å². The van der Waals surface area contributed by atoms with E-state index in [2.05, 4.69) is 26.1 Å². The maximum atomic E-state index is 13.1. The maximum Gasteiger partial charge on any atom is 0.325 e. The molecular weight excluding hydrogens is 366 g/mol. The Morgan fingerprint density at radius 1 is 1.10 bits per heavy atom. The van der Waals surface area contributed by atoms with E-state index in [0.717, 1.165) is 21.9 Å². The van der Waals surface area contributed by atoms with Crippen molar-refractivity contribution in [1.29, 1.82) is 0 Å². The lowest BCUT2D eigenvalue weighted by molar-refractivity contribution is -0.130. The van der Waals surface area contributed by atoms with E-state index < -0.39 is 17.5 Å². The molecule has 3 rings (SSSR count). The van der Waals surface area contributed by atoms with Gasteiger partial charge in [-0.25, -0.2) is 4.79 Å². The maximum absolute atomic E-state index is 13.1. The molecule has 1 fully saturated rings. The number of aromatic nitrogens is 1. The Kier molecular flexibility index (Phi) is 4.93. The Balaban J connectivity index is 1.85. The molecule has 2 heterocycles. The van der Waals surface area contributed by atoms with Crippen LogP contribution < -0.4 is 5.32 Å². The first-order chi connectivity index (χ1) is 13.4. The Labute approximate surface area is 171 Å². The minimum absolute atomic E-state index is 0.00744. The number of hydrogen-bond acceptors (Lipinski definition) is 3. The van der Waals surface area contributed by atoms with Crippen LogP contribution in [0.3, 0.4) is 0 Å². The van der Waals surface area contributed by atoms with Gasteiger partial charge in [-0.1, -0.05) is 45.0 Å². The van der Waals surface area contributed by atoms with Crippen LogP contribution in [-0.4, -0.2) is 33.7 Å². The van der Waals surface area contributed by atoms with E-state index in [1.54, 1.807) is 13.0 Å². The second-order valence-corrected chi connectivity index (χ2v) is 9.04. The fourth-order valence-electron chi connectivity index (χ4n) is 3.71. The van der Waals surface area contributed by atoms with Crippen LogP contribution in [-0.2, 0) is 22.8 Å². The van der Waals surface area contributed by atoms with E-state index in [9.17, 15) is 14.4 Å². The first kappa shape index (κ1) is 20.8. The normalized spacial score (nSPS) is 19.6. The molecule has 0 saturated carbocycles. The zero-order valence-electron chi connectivity index (χ0n) is 18.2. The summed E-state index contributed by atoms with van der Waals surface area (Å²) in [5.41, 5.74) is 2.96. The van der Waals surface area contributed by atoms with E-state index in [0.29, 0.717) is 11.1 Å². The van der Waals surface area contributed by atoms with Crippen LogP contribution in [0, 0.1) is 13.8 Å². The summed E-state index contributed by atoms with van der Waals surface area (Å²) < 4.78 is 1.92. The third kappa shape index (κ3) is 3.48. The summed E-state index contributed by atoms with van der Waals surface area (Å²) in [4.78, 5) is 39.5. The standard InChI is InChI=1S/C23H29N3O3/c1-14-12-18(15(2)25(14)7)19(27)13-26-20(28)23(6,24-21(26)29)17-10-8-16(9-11-17)22(3,4)5/h8-12H,13H2,1-7H3,(H,24,29)/t23-/m1/s1. The fraction of sp³-hybridized carbons (Fsp3) is 0.435. The highest BCUT2D eigenvalue weighted by atomic mass is 16.2. The summed E-state index contributed by atoms with van der Waals surface area (Å²) in [6.07, 6.45) is 0. The van der Waals surface area contributed by atoms with Crippen molar-refractivity contribution < 1.29 is 14.4 Å². The van der Waals surface area contributed by atoms with Crippen LogP contribution in [0.1, 0.15) is 60.6 Å². The predicted molar refractivity (Wildman–Crippen MR) is 112 cm³/mol. The van der Waals surface area contributed by atoms with Crippen molar-refractivity contribution in [1.82, 2.24) is 14.8 Å². The van der Waals surface area contributed by atoms with Gasteiger partial charge in [0.1, 0.15) is 5.54 Å². The number of hydrogen-bond donors (Lipinski definition) is 1. The van der Waals surface area contributed by atoms with Crippen LogP contribution in [0.4, 0.5) is 4.79 Å². The fourth-order valence-corrected chi connectivity index (χ4v) is 3.71. The van der Waals surface area contributed by atoms with Crippen molar-refractivity contribution in [3.8, 4) is 0 Å². The lowest BCUT2D eigenvalue weighted by atomic mass is 9.84. The van der Waals surface area contributed by atoms with Crippen molar-refractivity contribution in [3.63, 3.8) is 0 Å². The van der Waals surface area contributed by atoms with Crippen LogP contribution >= 0.6 is 0 Å². The second kappa shape index (κ2) is 6.87. The largest absolute Gasteiger partial charge is 0.351 e. The molecule has 1 N–H and O–H groups in total. The molecule has 1 saturated heterocycles. The van der Waals surface area contributed by atoms with Gasteiger partial charge in [-0.3, -0.25) is 14.5 Å². The Bertz CT molecular complexity index is 996. The quantitative estimate of drug-likeness (QED) is 0.635. The number of amides is 3. The van der Waals surface area contributed by atoms with Gasteiger partial charge < -0.3 is 9.88 Å². The van der Waals surface area contributed by atoms with Gasteiger partial charge >= 0.3 is 6.03 Å². The molecule has 0 radical (unpaired) electrons. The number of carbonyl (C=O) groups is 3. The molecule has 154 valence electrons. The summed E-state index contributed by atoms with van der Waals surface area (Å²) in [5, 5.41) is 2.77. The van der Waals surface area contributed by atoms with Crippen LogP contribution in [0.2, 0.25) is 0 Å². The summed E-state index contributed by atoms with van der Waals surface area (Å²) in [6, 6.07) is 8.94. The molecule has 29 heavy (non-hydrogen) atoms.